The molecule has 0 aliphatic carbocycles. The highest BCUT2D eigenvalue weighted by molar-refractivity contribution is 7.10. The molecular formula is C27H30N2O3S. The lowest BCUT2D eigenvalue weighted by atomic mass is 9.90. The summed E-state index contributed by atoms with van der Waals surface area (Å²) in [6.07, 6.45) is 0.842. The Balaban J connectivity index is 1.62. The van der Waals surface area contributed by atoms with E-state index in [1.165, 1.54) is 10.4 Å². The highest BCUT2D eigenvalue weighted by atomic mass is 32.1. The standard InChI is InChI=1S/C27H30N2O3S/c1-18(2)29(27(31)20-9-11-21(32-4)12-10-20)17-25(30)28-15-13-24-23(14-16-33-24)26(28)22-8-6-5-7-19(22)3/h5-12,14,16,18,26H,13,15,17H2,1-4H3. The fourth-order valence-corrected chi connectivity index (χ4v) is 5.34. The van der Waals surface area contributed by atoms with Crippen molar-refractivity contribution >= 4 is 23.2 Å². The van der Waals surface area contributed by atoms with Crippen LogP contribution in [-0.2, 0) is 11.2 Å². The molecule has 1 aliphatic rings. The number of fused-ring (bicyclic) bond motifs is 1. The first-order valence-electron chi connectivity index (χ1n) is 11.3. The summed E-state index contributed by atoms with van der Waals surface area (Å²) in [7, 11) is 1.60. The first kappa shape index (κ1) is 23.1. The molecule has 2 heterocycles. The molecule has 0 saturated heterocycles. The van der Waals surface area contributed by atoms with E-state index in [4.69, 9.17) is 4.74 Å². The van der Waals surface area contributed by atoms with Gasteiger partial charge in [-0.05, 0) is 79.6 Å². The van der Waals surface area contributed by atoms with Crippen molar-refractivity contribution in [2.75, 3.05) is 20.2 Å². The summed E-state index contributed by atoms with van der Waals surface area (Å²) in [6, 6.07) is 17.2. The number of hydrogen-bond donors (Lipinski definition) is 0. The zero-order chi connectivity index (χ0) is 23.5. The van der Waals surface area contributed by atoms with Crippen molar-refractivity contribution in [1.29, 1.82) is 0 Å². The lowest BCUT2D eigenvalue weighted by molar-refractivity contribution is -0.134. The van der Waals surface area contributed by atoms with Gasteiger partial charge in [-0.15, -0.1) is 11.3 Å². The molecule has 1 aliphatic heterocycles. The summed E-state index contributed by atoms with van der Waals surface area (Å²) >= 11 is 1.75. The normalized spacial score (nSPS) is 15.3. The number of hydrogen-bond acceptors (Lipinski definition) is 4. The molecule has 3 aromatic rings. The molecule has 2 aromatic carbocycles. The first-order chi connectivity index (χ1) is 15.9. The molecule has 172 valence electrons. The number of amides is 2. The Bertz CT molecular complexity index is 1140. The molecule has 0 radical (unpaired) electrons. The van der Waals surface area contributed by atoms with Gasteiger partial charge in [0.05, 0.1) is 13.2 Å². The summed E-state index contributed by atoms with van der Waals surface area (Å²) in [4.78, 5) is 31.9. The third-order valence-electron chi connectivity index (χ3n) is 6.30. The zero-order valence-electron chi connectivity index (χ0n) is 19.6. The van der Waals surface area contributed by atoms with E-state index in [1.54, 1.807) is 47.6 Å². The van der Waals surface area contributed by atoms with E-state index in [-0.39, 0.29) is 30.4 Å². The number of carbonyl (C=O) groups excluding carboxylic acids is 2. The Kier molecular flexibility index (Phi) is 6.84. The molecule has 1 atom stereocenters. The third-order valence-corrected chi connectivity index (χ3v) is 7.29. The van der Waals surface area contributed by atoms with Gasteiger partial charge in [0.15, 0.2) is 0 Å². The fourth-order valence-electron chi connectivity index (χ4n) is 4.44. The maximum atomic E-state index is 13.7. The molecule has 0 spiro atoms. The van der Waals surface area contributed by atoms with Crippen LogP contribution in [0, 0.1) is 6.92 Å². The minimum absolute atomic E-state index is 0.0318. The van der Waals surface area contributed by atoms with Gasteiger partial charge in [0.1, 0.15) is 12.3 Å². The van der Waals surface area contributed by atoms with Crippen LogP contribution in [0.25, 0.3) is 0 Å². The van der Waals surface area contributed by atoms with Crippen molar-refractivity contribution in [3.8, 4) is 5.75 Å². The zero-order valence-corrected chi connectivity index (χ0v) is 20.4. The van der Waals surface area contributed by atoms with Crippen molar-refractivity contribution < 1.29 is 14.3 Å². The quantitative estimate of drug-likeness (QED) is 0.513. The Labute approximate surface area is 199 Å². The first-order valence-corrected chi connectivity index (χ1v) is 12.1. The Morgan fingerprint density at radius 1 is 1.09 bits per heavy atom. The van der Waals surface area contributed by atoms with Crippen LogP contribution in [0.4, 0.5) is 0 Å². The van der Waals surface area contributed by atoms with Gasteiger partial charge in [0.25, 0.3) is 5.91 Å². The minimum Gasteiger partial charge on any atom is -0.497 e. The maximum absolute atomic E-state index is 13.7. The maximum Gasteiger partial charge on any atom is 0.254 e. The molecule has 0 fully saturated rings. The van der Waals surface area contributed by atoms with E-state index < -0.39 is 0 Å². The number of nitrogens with zero attached hydrogens (tertiary/aromatic N) is 2. The van der Waals surface area contributed by atoms with Crippen molar-refractivity contribution in [3.05, 3.63) is 87.1 Å². The van der Waals surface area contributed by atoms with Crippen molar-refractivity contribution in [3.63, 3.8) is 0 Å². The van der Waals surface area contributed by atoms with Crippen LogP contribution in [-0.4, -0.2) is 47.9 Å². The predicted octanol–water partition coefficient (Wildman–Crippen LogP) is 5.09. The number of ether oxygens (including phenoxy) is 1. The second kappa shape index (κ2) is 9.79. The van der Waals surface area contributed by atoms with E-state index in [2.05, 4.69) is 30.5 Å². The van der Waals surface area contributed by atoms with Gasteiger partial charge >= 0.3 is 0 Å². The summed E-state index contributed by atoms with van der Waals surface area (Å²) in [5, 5.41) is 2.11. The number of benzene rings is 2. The Hall–Kier alpha value is -3.12. The largest absolute Gasteiger partial charge is 0.497 e. The summed E-state index contributed by atoms with van der Waals surface area (Å²) < 4.78 is 5.20. The molecule has 1 unspecified atom stereocenters. The molecule has 1 aromatic heterocycles. The van der Waals surface area contributed by atoms with Gasteiger partial charge in [-0.2, -0.15) is 0 Å². The molecule has 33 heavy (non-hydrogen) atoms. The van der Waals surface area contributed by atoms with Crippen LogP contribution in [0.15, 0.2) is 60.0 Å². The van der Waals surface area contributed by atoms with E-state index in [0.29, 0.717) is 17.9 Å². The third kappa shape index (κ3) is 4.67. The van der Waals surface area contributed by atoms with Crippen LogP contribution in [0.3, 0.4) is 0 Å². The average Bonchev–Trinajstić information content (AvgIpc) is 3.31. The van der Waals surface area contributed by atoms with E-state index in [9.17, 15) is 9.59 Å². The number of carbonyl (C=O) groups is 2. The van der Waals surface area contributed by atoms with Crippen LogP contribution in [0.2, 0.25) is 0 Å². The SMILES string of the molecule is COc1ccc(C(=O)N(CC(=O)N2CCc3sccc3C2c2ccccc2C)C(C)C)cc1. The van der Waals surface area contributed by atoms with Gasteiger partial charge in [0, 0.05) is 23.0 Å². The van der Waals surface area contributed by atoms with Gasteiger partial charge < -0.3 is 14.5 Å². The van der Waals surface area contributed by atoms with Crippen molar-refractivity contribution in [2.45, 2.75) is 39.3 Å². The summed E-state index contributed by atoms with van der Waals surface area (Å²) in [5.74, 6) is 0.511. The van der Waals surface area contributed by atoms with Crippen LogP contribution >= 0.6 is 11.3 Å². The summed E-state index contributed by atoms with van der Waals surface area (Å²) in [6.45, 7) is 6.67. The van der Waals surface area contributed by atoms with E-state index >= 15 is 0 Å². The molecule has 0 saturated carbocycles. The Morgan fingerprint density at radius 3 is 2.48 bits per heavy atom. The number of methoxy groups -OCH3 is 1. The van der Waals surface area contributed by atoms with Gasteiger partial charge in [0.2, 0.25) is 5.91 Å². The van der Waals surface area contributed by atoms with Crippen LogP contribution in [0.5, 0.6) is 5.75 Å². The van der Waals surface area contributed by atoms with Crippen LogP contribution < -0.4 is 4.74 Å². The minimum atomic E-state index is -0.151. The van der Waals surface area contributed by atoms with Gasteiger partial charge in [-0.3, -0.25) is 9.59 Å². The second-order valence-electron chi connectivity index (χ2n) is 8.65. The highest BCUT2D eigenvalue weighted by Crippen LogP contribution is 2.39. The lowest BCUT2D eigenvalue weighted by Gasteiger charge is -2.38. The average molecular weight is 463 g/mol. The van der Waals surface area contributed by atoms with Gasteiger partial charge in [-0.25, -0.2) is 0 Å². The molecule has 6 heteroatoms. The highest BCUT2D eigenvalue weighted by Gasteiger charge is 2.35. The number of rotatable bonds is 6. The fraction of sp³-hybridized carbons (Fsp3) is 0.333. The molecular weight excluding hydrogens is 432 g/mol. The predicted molar refractivity (Wildman–Crippen MR) is 132 cm³/mol. The van der Waals surface area contributed by atoms with E-state index in [0.717, 1.165) is 17.5 Å². The Morgan fingerprint density at radius 2 is 1.82 bits per heavy atom. The van der Waals surface area contributed by atoms with Crippen LogP contribution in [0.1, 0.15) is 51.8 Å². The molecule has 2 amide bonds. The molecule has 4 rings (SSSR count). The van der Waals surface area contributed by atoms with Gasteiger partial charge in [-0.1, -0.05) is 24.3 Å². The second-order valence-corrected chi connectivity index (χ2v) is 9.65. The van der Waals surface area contributed by atoms with Crippen molar-refractivity contribution in [2.24, 2.45) is 0 Å². The molecule has 0 N–H and O–H groups in total. The molecule has 5 nitrogen and oxygen atoms in total. The smallest absolute Gasteiger partial charge is 0.254 e. The number of thiophene rings is 1. The van der Waals surface area contributed by atoms with E-state index in [1.807, 2.05) is 30.9 Å². The number of aryl methyl sites for hydroxylation is 1. The molecule has 0 bridgehead atoms. The monoisotopic (exact) mass is 462 g/mol. The lowest BCUT2D eigenvalue weighted by Crippen LogP contribution is -2.48. The summed E-state index contributed by atoms with van der Waals surface area (Å²) in [5.41, 5.74) is 4.05. The van der Waals surface area contributed by atoms with Crippen molar-refractivity contribution in [1.82, 2.24) is 9.80 Å². The topological polar surface area (TPSA) is 49.9 Å².